The van der Waals surface area contributed by atoms with Crippen molar-refractivity contribution < 1.29 is 9.32 Å². The van der Waals surface area contributed by atoms with Crippen LogP contribution in [-0.4, -0.2) is 30.2 Å². The minimum atomic E-state index is -0.132. The van der Waals surface area contributed by atoms with Crippen LogP contribution in [0.1, 0.15) is 41.9 Å². The normalized spacial score (nSPS) is 24.0. The molecule has 5 heteroatoms. The zero-order chi connectivity index (χ0) is 15.8. The fourth-order valence-electron chi connectivity index (χ4n) is 3.20. The first kappa shape index (κ1) is 14.3. The van der Waals surface area contributed by atoms with E-state index in [0.29, 0.717) is 17.5 Å². The fraction of sp³-hybridized carbons (Fsp3) is 0.444. The van der Waals surface area contributed by atoms with E-state index in [2.05, 4.69) is 34.4 Å². The molecule has 0 radical (unpaired) electrons. The van der Waals surface area contributed by atoms with Crippen LogP contribution in [0.25, 0.3) is 0 Å². The number of carbonyl (C=O) groups excluding carboxylic acids is 1. The molecular formula is C18H21N3O2. The standard InChI is InChI=1S/C18H21N3O2/c1-12-10-21(14-5-3-2-4-6-14)11-16(12)19-18(22)15-9-17(23-20-15)13-7-8-13/h2-6,9,12-13,16H,7-8,10-11H2,1H3,(H,19,22)/t12-,16+/m0/s1. The average Bonchev–Trinajstić information content (AvgIpc) is 3.18. The SMILES string of the molecule is C[C@H]1CN(c2ccccc2)C[C@H]1NC(=O)c1cc(C2CC2)on1. The van der Waals surface area contributed by atoms with Crippen molar-refractivity contribution >= 4 is 11.6 Å². The van der Waals surface area contributed by atoms with Crippen molar-refractivity contribution in [3.63, 3.8) is 0 Å². The Morgan fingerprint density at radius 1 is 1.26 bits per heavy atom. The van der Waals surface area contributed by atoms with Crippen LogP contribution < -0.4 is 10.2 Å². The molecule has 0 bridgehead atoms. The zero-order valence-electron chi connectivity index (χ0n) is 13.2. The number of para-hydroxylation sites is 1. The summed E-state index contributed by atoms with van der Waals surface area (Å²) in [4.78, 5) is 14.7. The van der Waals surface area contributed by atoms with Gasteiger partial charge in [0, 0.05) is 30.8 Å². The maximum atomic E-state index is 12.4. The molecule has 1 aliphatic heterocycles. The molecule has 2 aliphatic rings. The number of benzene rings is 1. The Morgan fingerprint density at radius 2 is 2.04 bits per heavy atom. The molecule has 0 spiro atoms. The van der Waals surface area contributed by atoms with Crippen LogP contribution in [0.2, 0.25) is 0 Å². The highest BCUT2D eigenvalue weighted by Crippen LogP contribution is 2.40. The molecule has 120 valence electrons. The summed E-state index contributed by atoms with van der Waals surface area (Å²) >= 11 is 0. The van der Waals surface area contributed by atoms with Crippen LogP contribution in [0.3, 0.4) is 0 Å². The zero-order valence-corrected chi connectivity index (χ0v) is 13.2. The van der Waals surface area contributed by atoms with E-state index in [4.69, 9.17) is 4.52 Å². The lowest BCUT2D eigenvalue weighted by molar-refractivity contribution is 0.0924. The van der Waals surface area contributed by atoms with Crippen LogP contribution in [0, 0.1) is 5.92 Å². The van der Waals surface area contributed by atoms with E-state index in [9.17, 15) is 4.79 Å². The smallest absolute Gasteiger partial charge is 0.273 e. The molecule has 23 heavy (non-hydrogen) atoms. The second-order valence-electron chi connectivity index (χ2n) is 6.69. The number of hydrogen-bond acceptors (Lipinski definition) is 4. The molecule has 5 nitrogen and oxygen atoms in total. The van der Waals surface area contributed by atoms with Gasteiger partial charge in [0.25, 0.3) is 5.91 Å². The summed E-state index contributed by atoms with van der Waals surface area (Å²) in [5.74, 6) is 1.59. The predicted molar refractivity (Wildman–Crippen MR) is 87.6 cm³/mol. The minimum absolute atomic E-state index is 0.129. The van der Waals surface area contributed by atoms with Crippen molar-refractivity contribution in [1.82, 2.24) is 10.5 Å². The van der Waals surface area contributed by atoms with Gasteiger partial charge in [-0.1, -0.05) is 30.3 Å². The van der Waals surface area contributed by atoms with Crippen LogP contribution in [0.15, 0.2) is 40.9 Å². The van der Waals surface area contributed by atoms with Gasteiger partial charge < -0.3 is 14.7 Å². The van der Waals surface area contributed by atoms with E-state index in [1.54, 1.807) is 6.07 Å². The molecule has 1 saturated heterocycles. The molecule has 1 aromatic heterocycles. The first-order valence-electron chi connectivity index (χ1n) is 8.28. The highest BCUT2D eigenvalue weighted by atomic mass is 16.5. The predicted octanol–water partition coefficient (Wildman–Crippen LogP) is 2.81. The van der Waals surface area contributed by atoms with Gasteiger partial charge in [-0.25, -0.2) is 0 Å². The van der Waals surface area contributed by atoms with Crippen molar-refractivity contribution in [3.05, 3.63) is 47.9 Å². The number of anilines is 1. The van der Waals surface area contributed by atoms with Crippen molar-refractivity contribution in [2.75, 3.05) is 18.0 Å². The topological polar surface area (TPSA) is 58.4 Å². The molecule has 0 unspecified atom stereocenters. The van der Waals surface area contributed by atoms with Gasteiger partial charge in [-0.3, -0.25) is 4.79 Å². The third-order valence-corrected chi connectivity index (χ3v) is 4.79. The maximum absolute atomic E-state index is 12.4. The molecule has 4 rings (SSSR count). The van der Waals surface area contributed by atoms with Gasteiger partial charge in [0.1, 0.15) is 5.76 Å². The molecule has 1 aromatic carbocycles. The van der Waals surface area contributed by atoms with Crippen LogP contribution in [0.4, 0.5) is 5.69 Å². The van der Waals surface area contributed by atoms with E-state index in [-0.39, 0.29) is 11.9 Å². The summed E-state index contributed by atoms with van der Waals surface area (Å²) < 4.78 is 5.27. The first-order valence-corrected chi connectivity index (χ1v) is 8.28. The van der Waals surface area contributed by atoms with E-state index in [0.717, 1.165) is 31.7 Å². The number of carbonyl (C=O) groups is 1. The van der Waals surface area contributed by atoms with Gasteiger partial charge >= 0.3 is 0 Å². The highest BCUT2D eigenvalue weighted by Gasteiger charge is 2.33. The molecule has 2 aromatic rings. The minimum Gasteiger partial charge on any atom is -0.369 e. The van der Waals surface area contributed by atoms with Gasteiger partial charge in [-0.15, -0.1) is 0 Å². The van der Waals surface area contributed by atoms with Crippen LogP contribution in [-0.2, 0) is 0 Å². The monoisotopic (exact) mass is 311 g/mol. The quantitative estimate of drug-likeness (QED) is 0.943. The lowest BCUT2D eigenvalue weighted by Crippen LogP contribution is -2.40. The summed E-state index contributed by atoms with van der Waals surface area (Å²) in [6.07, 6.45) is 2.28. The maximum Gasteiger partial charge on any atom is 0.273 e. The van der Waals surface area contributed by atoms with Gasteiger partial charge in [0.2, 0.25) is 0 Å². The van der Waals surface area contributed by atoms with Gasteiger partial charge in [-0.05, 0) is 30.9 Å². The third kappa shape index (κ3) is 2.96. The number of nitrogens with zero attached hydrogens (tertiary/aromatic N) is 2. The van der Waals surface area contributed by atoms with Gasteiger partial charge in [0.05, 0.1) is 6.04 Å². The van der Waals surface area contributed by atoms with E-state index in [1.807, 2.05) is 18.2 Å². The van der Waals surface area contributed by atoms with E-state index in [1.165, 1.54) is 5.69 Å². The van der Waals surface area contributed by atoms with Crippen molar-refractivity contribution in [2.45, 2.75) is 31.7 Å². The Bertz CT molecular complexity index is 693. The number of aromatic nitrogens is 1. The molecule has 2 fully saturated rings. The number of rotatable bonds is 4. The molecule has 2 atom stereocenters. The van der Waals surface area contributed by atoms with Crippen molar-refractivity contribution in [2.24, 2.45) is 5.92 Å². The summed E-state index contributed by atoms with van der Waals surface area (Å²) in [6.45, 7) is 3.94. The Hall–Kier alpha value is -2.30. The van der Waals surface area contributed by atoms with Crippen molar-refractivity contribution in [1.29, 1.82) is 0 Å². The Balaban J connectivity index is 1.40. The molecule has 1 saturated carbocycles. The Labute approximate surface area is 135 Å². The van der Waals surface area contributed by atoms with Crippen LogP contribution in [0.5, 0.6) is 0 Å². The third-order valence-electron chi connectivity index (χ3n) is 4.79. The van der Waals surface area contributed by atoms with Crippen LogP contribution >= 0.6 is 0 Å². The summed E-state index contributed by atoms with van der Waals surface area (Å²) in [5, 5.41) is 7.04. The number of nitrogens with one attached hydrogen (secondary N) is 1. The molecule has 1 amide bonds. The van der Waals surface area contributed by atoms with E-state index < -0.39 is 0 Å². The van der Waals surface area contributed by atoms with Gasteiger partial charge in [0.15, 0.2) is 5.69 Å². The summed E-state index contributed by atoms with van der Waals surface area (Å²) in [5.41, 5.74) is 1.60. The largest absolute Gasteiger partial charge is 0.369 e. The summed E-state index contributed by atoms with van der Waals surface area (Å²) in [7, 11) is 0. The average molecular weight is 311 g/mol. The van der Waals surface area contributed by atoms with Crippen molar-refractivity contribution in [3.8, 4) is 0 Å². The Kier molecular flexibility index (Phi) is 3.56. The molecule has 1 N–H and O–H groups in total. The lowest BCUT2D eigenvalue weighted by atomic mass is 10.1. The first-order chi connectivity index (χ1) is 11.2. The van der Waals surface area contributed by atoms with E-state index >= 15 is 0 Å². The lowest BCUT2D eigenvalue weighted by Gasteiger charge is -2.18. The molecule has 2 heterocycles. The summed E-state index contributed by atoms with van der Waals surface area (Å²) in [6, 6.07) is 12.2. The number of hydrogen-bond donors (Lipinski definition) is 1. The number of amides is 1. The molecular weight excluding hydrogens is 290 g/mol. The highest BCUT2D eigenvalue weighted by molar-refractivity contribution is 5.92. The fourth-order valence-corrected chi connectivity index (χ4v) is 3.20. The Morgan fingerprint density at radius 3 is 2.78 bits per heavy atom. The molecule has 1 aliphatic carbocycles. The second kappa shape index (κ2) is 5.72. The van der Waals surface area contributed by atoms with Gasteiger partial charge in [-0.2, -0.15) is 0 Å². The second-order valence-corrected chi connectivity index (χ2v) is 6.69.